The molecule has 0 aliphatic heterocycles. The molecule has 0 unspecified atom stereocenters. The van der Waals surface area contributed by atoms with Crippen LogP contribution in [0, 0.1) is 0 Å². The third kappa shape index (κ3) is 3.67. The van der Waals surface area contributed by atoms with Gasteiger partial charge in [0, 0.05) is 41.6 Å². The highest BCUT2D eigenvalue weighted by Gasteiger charge is 2.09. The molecular weight excluding hydrogens is 280 g/mol. The van der Waals surface area contributed by atoms with E-state index in [1.54, 1.807) is 6.20 Å². The third-order valence-corrected chi connectivity index (χ3v) is 4.50. The summed E-state index contributed by atoms with van der Waals surface area (Å²) >= 11 is 1.82. The van der Waals surface area contributed by atoms with E-state index >= 15 is 0 Å². The number of fused-ring (bicyclic) bond motifs is 1. The van der Waals surface area contributed by atoms with Crippen LogP contribution < -0.4 is 0 Å². The van der Waals surface area contributed by atoms with E-state index in [2.05, 4.69) is 46.3 Å². The molecule has 0 saturated heterocycles. The molecule has 0 spiro atoms. The highest BCUT2D eigenvalue weighted by molar-refractivity contribution is 7.19. The highest BCUT2D eigenvalue weighted by atomic mass is 32.1. The van der Waals surface area contributed by atoms with Crippen LogP contribution in [0.2, 0.25) is 0 Å². The Hall–Kier alpha value is -1.75. The first-order valence-electron chi connectivity index (χ1n) is 7.05. The number of rotatable bonds is 6. The Bertz CT molecular complexity index is 663. The minimum Gasteiger partial charge on any atom is -0.395 e. The minimum absolute atomic E-state index is 0.172. The minimum atomic E-state index is 0.172. The molecule has 0 aliphatic carbocycles. The van der Waals surface area contributed by atoms with Gasteiger partial charge in [0.05, 0.1) is 6.61 Å². The predicted octanol–water partition coefficient (Wildman–Crippen LogP) is 3.29. The van der Waals surface area contributed by atoms with Crippen molar-refractivity contribution in [1.29, 1.82) is 0 Å². The number of nitrogens with zero attached hydrogens (tertiary/aromatic N) is 2. The summed E-state index contributed by atoms with van der Waals surface area (Å²) in [7, 11) is 0. The lowest BCUT2D eigenvalue weighted by Crippen LogP contribution is -2.25. The van der Waals surface area contributed by atoms with Gasteiger partial charge in [0.2, 0.25) is 0 Å². The van der Waals surface area contributed by atoms with Crippen LogP contribution in [0.15, 0.2) is 54.9 Å². The number of thiophene rings is 1. The zero-order chi connectivity index (χ0) is 14.5. The summed E-state index contributed by atoms with van der Waals surface area (Å²) in [5, 5.41) is 10.6. The molecule has 2 aromatic heterocycles. The second-order valence-electron chi connectivity index (χ2n) is 5.05. The summed E-state index contributed by atoms with van der Waals surface area (Å²) in [5.74, 6) is 0. The smallest absolute Gasteiger partial charge is 0.0558 e. The van der Waals surface area contributed by atoms with Crippen LogP contribution in [-0.2, 0) is 13.1 Å². The molecule has 0 radical (unpaired) electrons. The van der Waals surface area contributed by atoms with E-state index in [0.717, 1.165) is 13.1 Å². The van der Waals surface area contributed by atoms with Crippen molar-refractivity contribution < 1.29 is 5.11 Å². The molecule has 1 aromatic carbocycles. The van der Waals surface area contributed by atoms with E-state index in [1.165, 1.54) is 20.5 Å². The predicted molar refractivity (Wildman–Crippen MR) is 87.3 cm³/mol. The van der Waals surface area contributed by atoms with E-state index in [4.69, 9.17) is 0 Å². The van der Waals surface area contributed by atoms with Gasteiger partial charge in [-0.15, -0.1) is 11.3 Å². The number of aliphatic hydroxyl groups is 1. The molecule has 108 valence electrons. The number of pyridine rings is 1. The summed E-state index contributed by atoms with van der Waals surface area (Å²) < 4.78 is 1.32. The number of hydrogen-bond acceptors (Lipinski definition) is 4. The van der Waals surface area contributed by atoms with Crippen LogP contribution in [0.5, 0.6) is 0 Å². The Morgan fingerprint density at radius 1 is 1.10 bits per heavy atom. The summed E-state index contributed by atoms with van der Waals surface area (Å²) in [6.45, 7) is 2.51. The fourth-order valence-electron chi connectivity index (χ4n) is 2.44. The van der Waals surface area contributed by atoms with Gasteiger partial charge in [-0.1, -0.05) is 24.3 Å². The lowest BCUT2D eigenvalue weighted by atomic mass is 10.2. The lowest BCUT2D eigenvalue weighted by molar-refractivity contribution is 0.185. The monoisotopic (exact) mass is 298 g/mol. The van der Waals surface area contributed by atoms with Gasteiger partial charge in [-0.3, -0.25) is 9.88 Å². The standard InChI is InChI=1S/C17H18N2OS/c20-9-8-19(12-14-4-3-7-18-11-14)13-16-10-15-5-1-2-6-17(15)21-16/h1-7,10-11,20H,8-9,12-13H2. The van der Waals surface area contributed by atoms with Crippen molar-refractivity contribution in [1.82, 2.24) is 9.88 Å². The molecule has 3 rings (SSSR count). The molecule has 0 atom stereocenters. The molecule has 3 aromatic rings. The molecule has 4 heteroatoms. The quantitative estimate of drug-likeness (QED) is 0.758. The molecule has 2 heterocycles. The van der Waals surface area contributed by atoms with Crippen LogP contribution in [0.25, 0.3) is 10.1 Å². The van der Waals surface area contributed by atoms with Crippen LogP contribution in [0.1, 0.15) is 10.4 Å². The number of aromatic nitrogens is 1. The number of hydrogen-bond donors (Lipinski definition) is 1. The normalized spacial score (nSPS) is 11.3. The van der Waals surface area contributed by atoms with Gasteiger partial charge in [0.25, 0.3) is 0 Å². The number of benzene rings is 1. The van der Waals surface area contributed by atoms with Crippen molar-refractivity contribution in [2.24, 2.45) is 0 Å². The number of aliphatic hydroxyl groups excluding tert-OH is 1. The van der Waals surface area contributed by atoms with Crippen molar-refractivity contribution >= 4 is 21.4 Å². The van der Waals surface area contributed by atoms with Crippen LogP contribution in [0.4, 0.5) is 0 Å². The zero-order valence-corrected chi connectivity index (χ0v) is 12.6. The first kappa shape index (κ1) is 14.2. The van der Waals surface area contributed by atoms with Gasteiger partial charge in [-0.2, -0.15) is 0 Å². The zero-order valence-electron chi connectivity index (χ0n) is 11.8. The maximum Gasteiger partial charge on any atom is 0.0558 e. The second kappa shape index (κ2) is 6.80. The molecule has 1 N–H and O–H groups in total. The fraction of sp³-hybridized carbons (Fsp3) is 0.235. The van der Waals surface area contributed by atoms with Crippen molar-refractivity contribution in [3.05, 3.63) is 65.3 Å². The second-order valence-corrected chi connectivity index (χ2v) is 6.21. The molecule has 0 amide bonds. The molecule has 0 fully saturated rings. The van der Waals surface area contributed by atoms with Crippen molar-refractivity contribution in [3.8, 4) is 0 Å². The van der Waals surface area contributed by atoms with Gasteiger partial charge in [0.15, 0.2) is 0 Å². The molecule has 0 aliphatic rings. The average molecular weight is 298 g/mol. The van der Waals surface area contributed by atoms with Gasteiger partial charge in [0.1, 0.15) is 0 Å². The van der Waals surface area contributed by atoms with Crippen LogP contribution in [0.3, 0.4) is 0 Å². The molecular formula is C17H18N2OS. The van der Waals surface area contributed by atoms with Gasteiger partial charge in [-0.05, 0) is 29.1 Å². The lowest BCUT2D eigenvalue weighted by Gasteiger charge is -2.20. The SMILES string of the molecule is OCCN(Cc1cccnc1)Cc1cc2ccccc2s1. The summed E-state index contributed by atoms with van der Waals surface area (Å²) in [6.07, 6.45) is 3.67. The molecule has 21 heavy (non-hydrogen) atoms. The Morgan fingerprint density at radius 2 is 2.00 bits per heavy atom. The fourth-order valence-corrected chi connectivity index (χ4v) is 3.55. The highest BCUT2D eigenvalue weighted by Crippen LogP contribution is 2.26. The first-order valence-corrected chi connectivity index (χ1v) is 7.86. The van der Waals surface area contributed by atoms with E-state index in [1.807, 2.05) is 23.6 Å². The van der Waals surface area contributed by atoms with Crippen LogP contribution >= 0.6 is 11.3 Å². The van der Waals surface area contributed by atoms with Crippen molar-refractivity contribution in [2.45, 2.75) is 13.1 Å². The third-order valence-electron chi connectivity index (χ3n) is 3.40. The average Bonchev–Trinajstić information content (AvgIpc) is 2.90. The van der Waals surface area contributed by atoms with E-state index in [9.17, 15) is 5.11 Å². The molecule has 3 nitrogen and oxygen atoms in total. The Labute approximate surface area is 128 Å². The van der Waals surface area contributed by atoms with Gasteiger partial charge in [-0.25, -0.2) is 0 Å². The van der Waals surface area contributed by atoms with Gasteiger partial charge < -0.3 is 5.11 Å². The van der Waals surface area contributed by atoms with E-state index < -0.39 is 0 Å². The van der Waals surface area contributed by atoms with E-state index in [0.29, 0.717) is 6.54 Å². The Balaban J connectivity index is 1.75. The topological polar surface area (TPSA) is 36.4 Å². The Kier molecular flexibility index (Phi) is 4.60. The maximum atomic E-state index is 9.28. The van der Waals surface area contributed by atoms with Crippen molar-refractivity contribution in [2.75, 3.05) is 13.2 Å². The Morgan fingerprint density at radius 3 is 2.76 bits per heavy atom. The van der Waals surface area contributed by atoms with Crippen LogP contribution in [-0.4, -0.2) is 28.1 Å². The largest absolute Gasteiger partial charge is 0.395 e. The first-order chi connectivity index (χ1) is 10.3. The van der Waals surface area contributed by atoms with Crippen molar-refractivity contribution in [3.63, 3.8) is 0 Å². The maximum absolute atomic E-state index is 9.28. The molecule has 0 saturated carbocycles. The summed E-state index contributed by atoms with van der Waals surface area (Å²) in [4.78, 5) is 7.73. The summed E-state index contributed by atoms with van der Waals surface area (Å²) in [5.41, 5.74) is 1.17. The van der Waals surface area contributed by atoms with Gasteiger partial charge >= 0.3 is 0 Å². The van der Waals surface area contributed by atoms with E-state index in [-0.39, 0.29) is 6.61 Å². The molecule has 0 bridgehead atoms. The summed E-state index contributed by atoms with van der Waals surface area (Å²) in [6, 6.07) is 14.7.